The molecule has 0 aliphatic heterocycles. The molecule has 0 N–H and O–H groups in total. The Morgan fingerprint density at radius 2 is 2.13 bits per heavy atom. The highest BCUT2D eigenvalue weighted by Crippen LogP contribution is 2.32. The summed E-state index contributed by atoms with van der Waals surface area (Å²) in [5.74, 6) is 0.0975. The van der Waals surface area contributed by atoms with Crippen LogP contribution >= 0.6 is 27.3 Å². The van der Waals surface area contributed by atoms with Crippen molar-refractivity contribution in [1.29, 1.82) is 0 Å². The van der Waals surface area contributed by atoms with E-state index in [4.69, 9.17) is 0 Å². The van der Waals surface area contributed by atoms with Gasteiger partial charge in [0.05, 0.1) is 0 Å². The fourth-order valence-electron chi connectivity index (χ4n) is 1.36. The second-order valence-electron chi connectivity index (χ2n) is 3.23. The van der Waals surface area contributed by atoms with Gasteiger partial charge in [0.2, 0.25) is 0 Å². The van der Waals surface area contributed by atoms with Gasteiger partial charge in [-0.25, -0.2) is 0 Å². The molecule has 0 saturated heterocycles. The first-order valence-electron chi connectivity index (χ1n) is 4.53. The highest BCUT2D eigenvalue weighted by Gasteiger charge is 2.07. The largest absolute Gasteiger partial charge is 0.295 e. The molecule has 2 rings (SSSR count). The van der Waals surface area contributed by atoms with Crippen LogP contribution in [0.4, 0.5) is 0 Å². The molecule has 0 bridgehead atoms. The van der Waals surface area contributed by atoms with Crippen molar-refractivity contribution in [3.63, 3.8) is 0 Å². The highest BCUT2D eigenvalue weighted by molar-refractivity contribution is 9.10. The Kier molecular flexibility index (Phi) is 3.03. The van der Waals surface area contributed by atoms with E-state index in [9.17, 15) is 4.79 Å². The van der Waals surface area contributed by atoms with Crippen molar-refractivity contribution in [3.8, 4) is 10.4 Å². The first-order chi connectivity index (χ1) is 7.18. The molecule has 0 aliphatic rings. The Hall–Kier alpha value is -0.930. The minimum atomic E-state index is 0.0975. The van der Waals surface area contributed by atoms with Gasteiger partial charge in [-0.3, -0.25) is 4.79 Å². The lowest BCUT2D eigenvalue weighted by atomic mass is 10.1. The van der Waals surface area contributed by atoms with Gasteiger partial charge in [0.15, 0.2) is 5.78 Å². The summed E-state index contributed by atoms with van der Waals surface area (Å²) in [6.07, 6.45) is 0. The molecule has 0 amide bonds. The van der Waals surface area contributed by atoms with Crippen molar-refractivity contribution in [2.75, 3.05) is 0 Å². The predicted molar refractivity (Wildman–Crippen MR) is 67.5 cm³/mol. The third-order valence-electron chi connectivity index (χ3n) is 2.16. The van der Waals surface area contributed by atoms with Crippen molar-refractivity contribution in [3.05, 3.63) is 45.7 Å². The molecule has 15 heavy (non-hydrogen) atoms. The van der Waals surface area contributed by atoms with E-state index in [1.54, 1.807) is 18.3 Å². The summed E-state index contributed by atoms with van der Waals surface area (Å²) in [4.78, 5) is 12.4. The Balaban J connectivity index is 2.55. The summed E-state index contributed by atoms with van der Waals surface area (Å²) in [7, 11) is 0. The zero-order chi connectivity index (χ0) is 10.8. The number of Topliss-reactive ketones (excluding diaryl/α,β-unsaturated/α-hetero) is 1. The van der Waals surface area contributed by atoms with Gasteiger partial charge in [-0.2, -0.15) is 0 Å². The monoisotopic (exact) mass is 280 g/mol. The van der Waals surface area contributed by atoms with Gasteiger partial charge in [0.1, 0.15) is 0 Å². The molecule has 0 spiro atoms. The molecule has 1 heterocycles. The van der Waals surface area contributed by atoms with Crippen LogP contribution in [0.3, 0.4) is 0 Å². The standard InChI is InChI=1S/C12H9BrOS/c1-8(14)9-4-5-11(13)10(7-9)12-3-2-6-15-12/h2-7H,1H3. The second kappa shape index (κ2) is 4.29. The van der Waals surface area contributed by atoms with Crippen molar-refractivity contribution >= 4 is 33.0 Å². The first-order valence-corrected chi connectivity index (χ1v) is 6.20. The molecular formula is C12H9BrOS. The van der Waals surface area contributed by atoms with Gasteiger partial charge in [0.25, 0.3) is 0 Å². The van der Waals surface area contributed by atoms with Crippen LogP contribution in [-0.2, 0) is 0 Å². The summed E-state index contributed by atoms with van der Waals surface area (Å²) in [6.45, 7) is 1.58. The Labute approximate surface area is 101 Å². The minimum Gasteiger partial charge on any atom is -0.295 e. The number of hydrogen-bond acceptors (Lipinski definition) is 2. The SMILES string of the molecule is CC(=O)c1ccc(Br)c(-c2cccs2)c1. The van der Waals surface area contributed by atoms with Crippen LogP contribution in [0.15, 0.2) is 40.2 Å². The van der Waals surface area contributed by atoms with Crippen LogP contribution < -0.4 is 0 Å². The molecule has 76 valence electrons. The number of rotatable bonds is 2. The zero-order valence-corrected chi connectivity index (χ0v) is 10.6. The van der Waals surface area contributed by atoms with E-state index in [2.05, 4.69) is 22.0 Å². The fraction of sp³-hybridized carbons (Fsp3) is 0.0833. The van der Waals surface area contributed by atoms with E-state index >= 15 is 0 Å². The van der Waals surface area contributed by atoms with E-state index in [0.717, 1.165) is 15.6 Å². The van der Waals surface area contributed by atoms with Gasteiger partial charge < -0.3 is 0 Å². The molecule has 1 aromatic heterocycles. The van der Waals surface area contributed by atoms with Crippen LogP contribution in [0.1, 0.15) is 17.3 Å². The summed E-state index contributed by atoms with van der Waals surface area (Å²) in [5, 5.41) is 2.03. The van der Waals surface area contributed by atoms with Crippen LogP contribution in [0.2, 0.25) is 0 Å². The van der Waals surface area contributed by atoms with Crippen LogP contribution in [0.25, 0.3) is 10.4 Å². The lowest BCUT2D eigenvalue weighted by Gasteiger charge is -2.03. The first kappa shape index (κ1) is 10.6. The number of benzene rings is 1. The third-order valence-corrected chi connectivity index (χ3v) is 3.75. The average molecular weight is 281 g/mol. The maximum atomic E-state index is 11.3. The minimum absolute atomic E-state index is 0.0975. The summed E-state index contributed by atoms with van der Waals surface area (Å²) < 4.78 is 1.02. The number of carbonyl (C=O) groups excluding carboxylic acids is 1. The number of hydrogen-bond donors (Lipinski definition) is 0. The molecule has 1 nitrogen and oxygen atoms in total. The molecule has 0 radical (unpaired) electrons. The van der Waals surface area contributed by atoms with Crippen LogP contribution in [-0.4, -0.2) is 5.78 Å². The fourth-order valence-corrected chi connectivity index (χ4v) is 2.71. The molecule has 0 saturated carbocycles. The summed E-state index contributed by atoms with van der Waals surface area (Å²) in [6, 6.07) is 9.75. The molecule has 3 heteroatoms. The number of ketones is 1. The van der Waals surface area contributed by atoms with E-state index < -0.39 is 0 Å². The van der Waals surface area contributed by atoms with E-state index in [-0.39, 0.29) is 5.78 Å². The molecule has 0 atom stereocenters. The van der Waals surface area contributed by atoms with Gasteiger partial charge in [-0.1, -0.05) is 28.1 Å². The lowest BCUT2D eigenvalue weighted by Crippen LogP contribution is -1.92. The topological polar surface area (TPSA) is 17.1 Å². The second-order valence-corrected chi connectivity index (χ2v) is 5.03. The van der Waals surface area contributed by atoms with Crippen LogP contribution in [0, 0.1) is 0 Å². The zero-order valence-electron chi connectivity index (χ0n) is 8.16. The summed E-state index contributed by atoms with van der Waals surface area (Å²) in [5.41, 5.74) is 1.83. The number of carbonyl (C=O) groups is 1. The Morgan fingerprint density at radius 1 is 1.33 bits per heavy atom. The van der Waals surface area contributed by atoms with Gasteiger partial charge in [0, 0.05) is 20.5 Å². The Morgan fingerprint density at radius 3 is 2.73 bits per heavy atom. The average Bonchev–Trinajstić information content (AvgIpc) is 2.71. The van der Waals surface area contributed by atoms with Crippen molar-refractivity contribution in [2.45, 2.75) is 6.92 Å². The van der Waals surface area contributed by atoms with E-state index in [1.165, 1.54) is 4.88 Å². The van der Waals surface area contributed by atoms with Crippen molar-refractivity contribution in [1.82, 2.24) is 0 Å². The van der Waals surface area contributed by atoms with E-state index in [0.29, 0.717) is 0 Å². The number of thiophene rings is 1. The molecule has 0 fully saturated rings. The molecule has 1 aromatic carbocycles. The van der Waals surface area contributed by atoms with Gasteiger partial charge in [-0.05, 0) is 30.5 Å². The maximum Gasteiger partial charge on any atom is 0.159 e. The lowest BCUT2D eigenvalue weighted by molar-refractivity contribution is 0.101. The molecule has 0 unspecified atom stereocenters. The molecule has 0 aliphatic carbocycles. The quantitative estimate of drug-likeness (QED) is 0.746. The van der Waals surface area contributed by atoms with Crippen molar-refractivity contribution in [2.24, 2.45) is 0 Å². The predicted octanol–water partition coefficient (Wildman–Crippen LogP) is 4.38. The normalized spacial score (nSPS) is 10.3. The number of halogens is 1. The van der Waals surface area contributed by atoms with Crippen LogP contribution in [0.5, 0.6) is 0 Å². The van der Waals surface area contributed by atoms with Gasteiger partial charge >= 0.3 is 0 Å². The van der Waals surface area contributed by atoms with Crippen molar-refractivity contribution < 1.29 is 4.79 Å². The van der Waals surface area contributed by atoms with E-state index in [1.807, 2.05) is 29.6 Å². The summed E-state index contributed by atoms with van der Waals surface area (Å²) >= 11 is 5.17. The third kappa shape index (κ3) is 2.19. The highest BCUT2D eigenvalue weighted by atomic mass is 79.9. The smallest absolute Gasteiger partial charge is 0.159 e. The molecule has 2 aromatic rings. The maximum absolute atomic E-state index is 11.3. The van der Waals surface area contributed by atoms with Gasteiger partial charge in [-0.15, -0.1) is 11.3 Å². The Bertz CT molecular complexity index is 488. The molecular weight excluding hydrogens is 272 g/mol.